The Balaban J connectivity index is 2.68. The van der Waals surface area contributed by atoms with Gasteiger partial charge < -0.3 is 15.7 Å². The number of hydrogen-bond donors (Lipinski definition) is 2. The summed E-state index contributed by atoms with van der Waals surface area (Å²) >= 11 is 0. The molecule has 0 heterocycles. The van der Waals surface area contributed by atoms with E-state index in [0.29, 0.717) is 12.8 Å². The molecule has 0 aliphatic heterocycles. The van der Waals surface area contributed by atoms with Crippen LogP contribution >= 0.6 is 0 Å². The molecule has 1 aromatic carbocycles. The molecule has 0 aliphatic carbocycles. The van der Waals surface area contributed by atoms with Gasteiger partial charge in [0.2, 0.25) is 5.91 Å². The molecule has 1 rings (SSSR count). The third kappa shape index (κ3) is 4.06. The number of benzene rings is 1. The molecular weight excluding hydrogens is 244 g/mol. The van der Waals surface area contributed by atoms with Gasteiger partial charge in [-0.2, -0.15) is 0 Å². The standard InChI is InChI=1S/C14H20N2O3/c1-3-12(14(18)19)16(2)13(17)11(15)9-10-7-5-4-6-8-10/h4-8,11-12H,3,9,15H2,1-2H3,(H,18,19)/t11-,12?/m1/s1. The second-order valence-electron chi connectivity index (χ2n) is 4.51. The number of amides is 1. The van der Waals surface area contributed by atoms with Crippen LogP contribution in [0.15, 0.2) is 30.3 Å². The van der Waals surface area contributed by atoms with E-state index in [0.717, 1.165) is 5.56 Å². The molecule has 0 saturated carbocycles. The Kier molecular flexibility index (Phi) is 5.51. The van der Waals surface area contributed by atoms with Crippen molar-refractivity contribution in [2.45, 2.75) is 31.8 Å². The van der Waals surface area contributed by atoms with Crippen molar-refractivity contribution >= 4 is 11.9 Å². The van der Waals surface area contributed by atoms with E-state index in [1.54, 1.807) is 6.92 Å². The second kappa shape index (κ2) is 6.89. The second-order valence-corrected chi connectivity index (χ2v) is 4.51. The molecular formula is C14H20N2O3. The summed E-state index contributed by atoms with van der Waals surface area (Å²) in [6.45, 7) is 1.73. The first-order valence-corrected chi connectivity index (χ1v) is 6.26. The van der Waals surface area contributed by atoms with Crippen LogP contribution < -0.4 is 5.73 Å². The van der Waals surface area contributed by atoms with Crippen LogP contribution in [-0.4, -0.2) is 41.0 Å². The summed E-state index contributed by atoms with van der Waals surface area (Å²) < 4.78 is 0. The number of carbonyl (C=O) groups excluding carboxylic acids is 1. The number of hydrogen-bond acceptors (Lipinski definition) is 3. The minimum atomic E-state index is -1.01. The van der Waals surface area contributed by atoms with E-state index >= 15 is 0 Å². The molecule has 0 aliphatic rings. The monoisotopic (exact) mass is 264 g/mol. The lowest BCUT2D eigenvalue weighted by Gasteiger charge is -2.26. The van der Waals surface area contributed by atoms with Crippen LogP contribution in [0.5, 0.6) is 0 Å². The fraction of sp³-hybridized carbons (Fsp3) is 0.429. The molecule has 1 amide bonds. The van der Waals surface area contributed by atoms with Gasteiger partial charge in [-0.15, -0.1) is 0 Å². The van der Waals surface area contributed by atoms with E-state index in [-0.39, 0.29) is 5.91 Å². The van der Waals surface area contributed by atoms with Crippen LogP contribution in [0.1, 0.15) is 18.9 Å². The first-order chi connectivity index (χ1) is 8.97. The summed E-state index contributed by atoms with van der Waals surface area (Å²) in [5, 5.41) is 9.03. The van der Waals surface area contributed by atoms with E-state index in [9.17, 15) is 9.59 Å². The SMILES string of the molecule is CCC(C(=O)O)N(C)C(=O)[C@H](N)Cc1ccccc1. The maximum atomic E-state index is 12.1. The number of rotatable bonds is 6. The molecule has 0 saturated heterocycles. The minimum Gasteiger partial charge on any atom is -0.480 e. The third-order valence-corrected chi connectivity index (χ3v) is 3.10. The van der Waals surface area contributed by atoms with Crippen molar-refractivity contribution in [2.75, 3.05) is 7.05 Å². The Hall–Kier alpha value is -1.88. The topological polar surface area (TPSA) is 83.6 Å². The number of nitrogens with zero attached hydrogens (tertiary/aromatic N) is 1. The maximum Gasteiger partial charge on any atom is 0.326 e. The van der Waals surface area contributed by atoms with Crippen molar-refractivity contribution < 1.29 is 14.7 Å². The van der Waals surface area contributed by atoms with Crippen molar-refractivity contribution in [2.24, 2.45) is 5.73 Å². The van der Waals surface area contributed by atoms with Gasteiger partial charge in [0.05, 0.1) is 6.04 Å². The van der Waals surface area contributed by atoms with Crippen molar-refractivity contribution in [1.82, 2.24) is 4.90 Å². The highest BCUT2D eigenvalue weighted by Gasteiger charge is 2.28. The molecule has 2 atom stereocenters. The van der Waals surface area contributed by atoms with Crippen LogP contribution in [0.25, 0.3) is 0 Å². The zero-order chi connectivity index (χ0) is 14.4. The van der Waals surface area contributed by atoms with Gasteiger partial charge in [0.25, 0.3) is 0 Å². The van der Waals surface area contributed by atoms with Gasteiger partial charge in [0.15, 0.2) is 0 Å². The van der Waals surface area contributed by atoms with E-state index in [1.807, 2.05) is 30.3 Å². The Morgan fingerprint density at radius 3 is 2.37 bits per heavy atom. The van der Waals surface area contributed by atoms with Crippen LogP contribution in [-0.2, 0) is 16.0 Å². The van der Waals surface area contributed by atoms with Crippen molar-refractivity contribution in [3.63, 3.8) is 0 Å². The Morgan fingerprint density at radius 1 is 1.32 bits per heavy atom. The summed E-state index contributed by atoms with van der Waals surface area (Å²) in [7, 11) is 1.48. The van der Waals surface area contributed by atoms with Gasteiger partial charge >= 0.3 is 5.97 Å². The average molecular weight is 264 g/mol. The van der Waals surface area contributed by atoms with Gasteiger partial charge in [-0.05, 0) is 18.4 Å². The quantitative estimate of drug-likeness (QED) is 0.799. The average Bonchev–Trinajstić information content (AvgIpc) is 2.39. The van der Waals surface area contributed by atoms with E-state index in [1.165, 1.54) is 11.9 Å². The van der Waals surface area contributed by atoms with Gasteiger partial charge in [0, 0.05) is 7.05 Å². The number of carboxylic acid groups (broad SMARTS) is 1. The first kappa shape index (κ1) is 15.2. The first-order valence-electron chi connectivity index (χ1n) is 6.26. The minimum absolute atomic E-state index is 0.349. The molecule has 19 heavy (non-hydrogen) atoms. The number of nitrogens with two attached hydrogens (primary N) is 1. The third-order valence-electron chi connectivity index (χ3n) is 3.10. The number of aliphatic carboxylic acids is 1. The molecule has 0 radical (unpaired) electrons. The van der Waals surface area contributed by atoms with Gasteiger partial charge in [-0.25, -0.2) is 4.79 Å². The lowest BCUT2D eigenvalue weighted by atomic mass is 10.0. The van der Waals surface area contributed by atoms with Crippen LogP contribution in [0.3, 0.4) is 0 Å². The lowest BCUT2D eigenvalue weighted by molar-refractivity contribution is -0.149. The highest BCUT2D eigenvalue weighted by atomic mass is 16.4. The summed E-state index contributed by atoms with van der Waals surface area (Å²) in [6, 6.07) is 7.88. The smallest absolute Gasteiger partial charge is 0.326 e. The van der Waals surface area contributed by atoms with Gasteiger partial charge in [-0.1, -0.05) is 37.3 Å². The molecule has 1 aromatic rings. The fourth-order valence-corrected chi connectivity index (χ4v) is 1.98. The Labute approximate surface area is 113 Å². The van der Waals surface area contributed by atoms with Crippen LogP contribution in [0.2, 0.25) is 0 Å². The molecule has 3 N–H and O–H groups in total. The lowest BCUT2D eigenvalue weighted by Crippen LogP contribution is -2.49. The molecule has 0 fully saturated rings. The molecule has 0 spiro atoms. The largest absolute Gasteiger partial charge is 0.480 e. The summed E-state index contributed by atoms with van der Waals surface area (Å²) in [6.07, 6.45) is 0.760. The number of carboxylic acids is 1. The molecule has 1 unspecified atom stereocenters. The van der Waals surface area contributed by atoms with E-state index in [2.05, 4.69) is 0 Å². The van der Waals surface area contributed by atoms with Crippen molar-refractivity contribution in [3.05, 3.63) is 35.9 Å². The molecule has 5 nitrogen and oxygen atoms in total. The zero-order valence-electron chi connectivity index (χ0n) is 11.2. The van der Waals surface area contributed by atoms with Gasteiger partial charge in [-0.3, -0.25) is 4.79 Å². The summed E-state index contributed by atoms with van der Waals surface area (Å²) in [4.78, 5) is 24.3. The van der Waals surface area contributed by atoms with Crippen molar-refractivity contribution in [3.8, 4) is 0 Å². The predicted octanol–water partition coefficient (Wildman–Crippen LogP) is 0.878. The molecule has 0 bridgehead atoms. The fourth-order valence-electron chi connectivity index (χ4n) is 1.98. The van der Waals surface area contributed by atoms with Crippen LogP contribution in [0.4, 0.5) is 0 Å². The maximum absolute atomic E-state index is 12.1. The Bertz CT molecular complexity index is 434. The van der Waals surface area contributed by atoms with E-state index in [4.69, 9.17) is 10.8 Å². The van der Waals surface area contributed by atoms with Crippen molar-refractivity contribution in [1.29, 1.82) is 0 Å². The number of likely N-dealkylation sites (N-methyl/N-ethyl adjacent to an activating group) is 1. The summed E-state index contributed by atoms with van der Waals surface area (Å²) in [5.74, 6) is -1.36. The highest BCUT2D eigenvalue weighted by Crippen LogP contribution is 2.08. The molecule has 0 aromatic heterocycles. The Morgan fingerprint density at radius 2 is 1.89 bits per heavy atom. The van der Waals surface area contributed by atoms with Gasteiger partial charge in [0.1, 0.15) is 6.04 Å². The molecule has 5 heteroatoms. The predicted molar refractivity (Wildman–Crippen MR) is 72.6 cm³/mol. The van der Waals surface area contributed by atoms with Crippen LogP contribution in [0, 0.1) is 0 Å². The molecule has 104 valence electrons. The number of carbonyl (C=O) groups is 2. The normalized spacial score (nSPS) is 13.6. The van der Waals surface area contributed by atoms with E-state index < -0.39 is 18.1 Å². The highest BCUT2D eigenvalue weighted by molar-refractivity contribution is 5.86. The summed E-state index contributed by atoms with van der Waals surface area (Å²) in [5.41, 5.74) is 6.82. The zero-order valence-corrected chi connectivity index (χ0v) is 11.2.